The van der Waals surface area contributed by atoms with Gasteiger partial charge in [0.05, 0.1) is 12.1 Å². The molecule has 1 unspecified atom stereocenters. The molecular weight excluding hydrogens is 406 g/mol. The number of aromatic hydroxyl groups is 1. The first-order valence-corrected chi connectivity index (χ1v) is 10.1. The molecule has 3 rings (SSSR count). The largest absolute Gasteiger partial charge is 0.503 e. The summed E-state index contributed by atoms with van der Waals surface area (Å²) in [5.41, 5.74) is 2.13. The lowest BCUT2D eigenvalue weighted by molar-refractivity contribution is -0.145. The molecule has 0 bridgehead atoms. The van der Waals surface area contributed by atoms with Crippen LogP contribution in [0.5, 0.6) is 11.5 Å². The zero-order valence-corrected chi connectivity index (χ0v) is 18.4. The van der Waals surface area contributed by atoms with Gasteiger partial charge in [-0.1, -0.05) is 38.1 Å². The average Bonchev–Trinajstić information content (AvgIpc) is 2.66. The van der Waals surface area contributed by atoms with Crippen LogP contribution in [-0.4, -0.2) is 36.3 Å². The van der Waals surface area contributed by atoms with Crippen LogP contribution in [0, 0.1) is 11.3 Å². The first-order valence-electron chi connectivity index (χ1n) is 9.75. The van der Waals surface area contributed by atoms with Crippen LogP contribution in [0.3, 0.4) is 0 Å². The van der Waals surface area contributed by atoms with Gasteiger partial charge in [-0.15, -0.1) is 0 Å². The number of carbonyl (C=O) groups excluding carboxylic acids is 2. The van der Waals surface area contributed by atoms with Gasteiger partial charge in [-0.25, -0.2) is 0 Å². The Balaban J connectivity index is 2.22. The van der Waals surface area contributed by atoms with Gasteiger partial charge in [0.2, 0.25) is 0 Å². The van der Waals surface area contributed by atoms with Gasteiger partial charge in [-0.05, 0) is 36.5 Å². The smallest absolute Gasteiger partial charge is 0.315 e. The quantitative estimate of drug-likeness (QED) is 0.544. The summed E-state index contributed by atoms with van der Waals surface area (Å²) in [5.74, 6) is -1.99. The molecular formula is C23H26ClNO5. The molecule has 0 radical (unpaired) electrons. The van der Waals surface area contributed by atoms with E-state index in [9.17, 15) is 14.7 Å². The van der Waals surface area contributed by atoms with Crippen molar-refractivity contribution < 1.29 is 24.2 Å². The molecule has 2 aliphatic rings. The SMILES string of the molecule is C=CCOC(=O)C1C(C)=NC2=C(C(=O)CC(C)(C)C2)[C@H]1c1cc(Cl)c(O)c(OC)c1. The number of halogens is 1. The summed E-state index contributed by atoms with van der Waals surface area (Å²) < 4.78 is 10.6. The minimum absolute atomic E-state index is 0.0489. The van der Waals surface area contributed by atoms with E-state index in [0.29, 0.717) is 35.4 Å². The maximum absolute atomic E-state index is 13.2. The monoisotopic (exact) mass is 431 g/mol. The van der Waals surface area contributed by atoms with E-state index < -0.39 is 17.8 Å². The van der Waals surface area contributed by atoms with Crippen LogP contribution < -0.4 is 4.74 Å². The first kappa shape index (κ1) is 22.1. The Bertz CT molecular complexity index is 976. The summed E-state index contributed by atoms with van der Waals surface area (Å²) in [5, 5.41) is 10.2. The predicted octanol–water partition coefficient (Wildman–Crippen LogP) is 4.60. The van der Waals surface area contributed by atoms with Gasteiger partial charge < -0.3 is 14.6 Å². The number of Topliss-reactive ketones (excluding diaryl/α,β-unsaturated/α-hetero) is 1. The molecule has 0 saturated carbocycles. The molecule has 6 nitrogen and oxygen atoms in total. The van der Waals surface area contributed by atoms with Crippen molar-refractivity contribution in [1.29, 1.82) is 0 Å². The number of phenolic OH excluding ortho intramolecular Hbond substituents is 1. The maximum atomic E-state index is 13.2. The highest BCUT2D eigenvalue weighted by molar-refractivity contribution is 6.32. The van der Waals surface area contributed by atoms with Gasteiger partial charge in [-0.2, -0.15) is 0 Å². The van der Waals surface area contributed by atoms with Crippen LogP contribution >= 0.6 is 11.6 Å². The van der Waals surface area contributed by atoms with E-state index in [-0.39, 0.29) is 34.3 Å². The predicted molar refractivity (Wildman–Crippen MR) is 115 cm³/mol. The number of esters is 1. The lowest BCUT2D eigenvalue weighted by Gasteiger charge is -2.39. The maximum Gasteiger partial charge on any atom is 0.315 e. The molecule has 0 fully saturated rings. The summed E-state index contributed by atoms with van der Waals surface area (Å²) in [6, 6.07) is 3.17. The Morgan fingerprint density at radius 3 is 2.73 bits per heavy atom. The van der Waals surface area contributed by atoms with Crippen LogP contribution in [-0.2, 0) is 14.3 Å². The molecule has 1 aromatic rings. The number of aliphatic imine (C=N–C) groups is 1. The molecule has 1 heterocycles. The van der Waals surface area contributed by atoms with Gasteiger partial charge in [0.15, 0.2) is 17.3 Å². The number of methoxy groups -OCH3 is 1. The number of phenols is 1. The van der Waals surface area contributed by atoms with E-state index in [1.807, 2.05) is 13.8 Å². The summed E-state index contributed by atoms with van der Waals surface area (Å²) >= 11 is 6.23. The molecule has 0 spiro atoms. The summed E-state index contributed by atoms with van der Waals surface area (Å²) in [7, 11) is 1.41. The highest BCUT2D eigenvalue weighted by Crippen LogP contribution is 2.49. The normalized spacial score (nSPS) is 22.8. The standard InChI is InChI=1S/C23H26ClNO5/c1-6-7-30-22(28)18-12(2)25-15-10-23(3,4)11-16(26)20(15)19(18)13-8-14(24)21(27)17(9-13)29-5/h6,8-9,18-19,27H,1,7,10-11H2,2-5H3/t18?,19-/m0/s1. The molecule has 30 heavy (non-hydrogen) atoms. The van der Waals surface area contributed by atoms with Crippen molar-refractivity contribution in [2.75, 3.05) is 13.7 Å². The Labute approximate surface area is 181 Å². The third-order valence-electron chi connectivity index (χ3n) is 5.53. The second-order valence-corrected chi connectivity index (χ2v) is 8.89. The van der Waals surface area contributed by atoms with Crippen LogP contribution in [0.1, 0.15) is 45.1 Å². The lowest BCUT2D eigenvalue weighted by Crippen LogP contribution is -2.39. The fraction of sp³-hybridized carbons (Fsp3) is 0.435. The van der Waals surface area contributed by atoms with Gasteiger partial charge in [0.1, 0.15) is 12.5 Å². The summed E-state index contributed by atoms with van der Waals surface area (Å²) in [6.45, 7) is 9.46. The zero-order chi connectivity index (χ0) is 22.2. The van der Waals surface area contributed by atoms with Gasteiger partial charge in [-0.3, -0.25) is 14.6 Å². The Morgan fingerprint density at radius 2 is 2.10 bits per heavy atom. The van der Waals surface area contributed by atoms with E-state index in [0.717, 1.165) is 0 Å². The minimum atomic E-state index is -0.792. The third kappa shape index (κ3) is 4.01. The van der Waals surface area contributed by atoms with E-state index in [1.165, 1.54) is 13.2 Å². The molecule has 1 N–H and O–H groups in total. The molecule has 0 amide bonds. The minimum Gasteiger partial charge on any atom is -0.503 e. The van der Waals surface area contributed by atoms with Crippen LogP contribution in [0.25, 0.3) is 0 Å². The van der Waals surface area contributed by atoms with E-state index in [1.54, 1.807) is 19.1 Å². The van der Waals surface area contributed by atoms with Crippen molar-refractivity contribution in [3.63, 3.8) is 0 Å². The van der Waals surface area contributed by atoms with E-state index >= 15 is 0 Å². The van der Waals surface area contributed by atoms with Gasteiger partial charge in [0, 0.05) is 29.3 Å². The van der Waals surface area contributed by atoms with Crippen LogP contribution in [0.2, 0.25) is 5.02 Å². The number of ketones is 1. The number of allylic oxidation sites excluding steroid dienone is 2. The number of carbonyl (C=O) groups is 2. The molecule has 1 aliphatic heterocycles. The molecule has 1 aliphatic carbocycles. The van der Waals surface area contributed by atoms with Crippen molar-refractivity contribution >= 4 is 29.1 Å². The second kappa shape index (κ2) is 8.26. The van der Waals surface area contributed by atoms with Crippen molar-refractivity contribution in [2.45, 2.75) is 39.5 Å². The van der Waals surface area contributed by atoms with Crippen LogP contribution in [0.15, 0.2) is 41.1 Å². The van der Waals surface area contributed by atoms with Gasteiger partial charge >= 0.3 is 5.97 Å². The highest BCUT2D eigenvalue weighted by atomic mass is 35.5. The lowest BCUT2D eigenvalue weighted by atomic mass is 9.67. The average molecular weight is 432 g/mol. The number of benzene rings is 1. The molecule has 0 saturated heterocycles. The Kier molecular flexibility index (Phi) is 6.09. The Hall–Kier alpha value is -2.60. The zero-order valence-electron chi connectivity index (χ0n) is 17.6. The number of rotatable bonds is 5. The van der Waals surface area contributed by atoms with Crippen molar-refractivity contribution in [2.24, 2.45) is 16.3 Å². The van der Waals surface area contributed by atoms with E-state index in [4.69, 9.17) is 21.1 Å². The van der Waals surface area contributed by atoms with Gasteiger partial charge in [0.25, 0.3) is 0 Å². The number of hydrogen-bond donors (Lipinski definition) is 1. The first-order chi connectivity index (χ1) is 14.1. The molecule has 160 valence electrons. The second-order valence-electron chi connectivity index (χ2n) is 8.48. The number of nitrogens with zero attached hydrogens (tertiary/aromatic N) is 1. The van der Waals surface area contributed by atoms with Crippen LogP contribution in [0.4, 0.5) is 0 Å². The van der Waals surface area contributed by atoms with Crippen molar-refractivity contribution in [3.8, 4) is 11.5 Å². The third-order valence-corrected chi connectivity index (χ3v) is 5.82. The summed E-state index contributed by atoms with van der Waals surface area (Å²) in [4.78, 5) is 30.8. The van der Waals surface area contributed by atoms with Crippen molar-refractivity contribution in [3.05, 3.63) is 46.6 Å². The number of hydrogen-bond acceptors (Lipinski definition) is 6. The molecule has 1 aromatic carbocycles. The fourth-order valence-electron chi connectivity index (χ4n) is 4.27. The summed E-state index contributed by atoms with van der Waals surface area (Å²) in [6.07, 6.45) is 2.47. The molecule has 7 heteroatoms. The molecule has 2 atom stereocenters. The number of ether oxygens (including phenoxy) is 2. The van der Waals surface area contributed by atoms with E-state index in [2.05, 4.69) is 11.6 Å². The fourth-order valence-corrected chi connectivity index (χ4v) is 4.49. The molecule has 0 aromatic heterocycles. The topological polar surface area (TPSA) is 85.2 Å². The van der Waals surface area contributed by atoms with Crippen molar-refractivity contribution in [1.82, 2.24) is 0 Å². The Morgan fingerprint density at radius 1 is 1.40 bits per heavy atom. The highest BCUT2D eigenvalue weighted by Gasteiger charge is 2.46.